The normalized spacial score (nSPS) is 24.3. The third-order valence-electron chi connectivity index (χ3n) is 6.28. The molecule has 1 aliphatic carbocycles. The Bertz CT molecular complexity index is 918. The number of carbonyl (C=O) groups excluding carboxylic acids is 2. The Hall–Kier alpha value is -2.63. The fourth-order valence-electron chi connectivity index (χ4n) is 4.99. The first-order chi connectivity index (χ1) is 12.6. The maximum atomic E-state index is 13.2. The van der Waals surface area contributed by atoms with Gasteiger partial charge in [0.2, 0.25) is 5.91 Å². The van der Waals surface area contributed by atoms with Crippen molar-refractivity contribution < 1.29 is 9.59 Å². The molecule has 5 rings (SSSR count). The highest BCUT2D eigenvalue weighted by Gasteiger charge is 2.52. The zero-order valence-electron chi connectivity index (χ0n) is 14.9. The molecule has 1 aromatic carbocycles. The molecule has 0 bridgehead atoms. The van der Waals surface area contributed by atoms with Gasteiger partial charge < -0.3 is 9.80 Å². The Kier molecular flexibility index (Phi) is 3.26. The van der Waals surface area contributed by atoms with E-state index < -0.39 is 5.41 Å². The molecule has 6 nitrogen and oxygen atoms in total. The summed E-state index contributed by atoms with van der Waals surface area (Å²) in [5, 5.41) is 7.32. The van der Waals surface area contributed by atoms with Gasteiger partial charge in [0.25, 0.3) is 5.91 Å². The number of hydrogen-bond acceptors (Lipinski definition) is 3. The van der Waals surface area contributed by atoms with Crippen LogP contribution in [0.3, 0.4) is 0 Å². The molecule has 0 unspecified atom stereocenters. The third kappa shape index (κ3) is 1.95. The van der Waals surface area contributed by atoms with E-state index in [0.717, 1.165) is 54.6 Å². The number of nitrogens with one attached hydrogen (secondary N) is 1. The highest BCUT2D eigenvalue weighted by Crippen LogP contribution is 2.46. The molecule has 6 heteroatoms. The second-order valence-corrected chi connectivity index (χ2v) is 7.68. The number of nitrogens with zero attached hydrogens (tertiary/aromatic N) is 3. The number of aromatic amines is 1. The number of likely N-dealkylation sites (tertiary alicyclic amines) is 1. The number of para-hydroxylation sites is 1. The van der Waals surface area contributed by atoms with Crippen LogP contribution in [-0.4, -0.2) is 47.0 Å². The number of piperidine rings is 1. The molecule has 1 spiro atoms. The van der Waals surface area contributed by atoms with Crippen molar-refractivity contribution in [2.45, 2.75) is 37.5 Å². The van der Waals surface area contributed by atoms with E-state index in [1.807, 2.05) is 36.2 Å². The number of likely N-dealkylation sites (N-methyl/N-ethyl adjacent to an activating group) is 1. The molecule has 2 aromatic rings. The van der Waals surface area contributed by atoms with Crippen molar-refractivity contribution in [2.75, 3.05) is 25.0 Å². The summed E-state index contributed by atoms with van der Waals surface area (Å²) in [7, 11) is 1.83. The molecule has 1 N–H and O–H groups in total. The monoisotopic (exact) mass is 350 g/mol. The molecule has 1 saturated heterocycles. The van der Waals surface area contributed by atoms with Crippen molar-refractivity contribution in [3.63, 3.8) is 0 Å². The molecule has 2 amide bonds. The van der Waals surface area contributed by atoms with E-state index in [2.05, 4.69) is 10.2 Å². The summed E-state index contributed by atoms with van der Waals surface area (Å²) in [6.07, 6.45) is 4.57. The third-order valence-corrected chi connectivity index (χ3v) is 6.28. The Labute approximate surface area is 152 Å². The van der Waals surface area contributed by atoms with Gasteiger partial charge in [-0.2, -0.15) is 5.10 Å². The van der Waals surface area contributed by atoms with Gasteiger partial charge in [0.1, 0.15) is 0 Å². The van der Waals surface area contributed by atoms with Gasteiger partial charge in [0.15, 0.2) is 5.69 Å². The predicted octanol–water partition coefficient (Wildman–Crippen LogP) is 2.05. The van der Waals surface area contributed by atoms with Gasteiger partial charge in [0.05, 0.1) is 5.41 Å². The van der Waals surface area contributed by atoms with Crippen LogP contribution in [0.1, 0.15) is 46.6 Å². The maximum absolute atomic E-state index is 13.2. The molecule has 3 aliphatic rings. The molecule has 134 valence electrons. The second-order valence-electron chi connectivity index (χ2n) is 7.68. The van der Waals surface area contributed by atoms with Crippen LogP contribution in [-0.2, 0) is 23.1 Å². The first-order valence-corrected chi connectivity index (χ1v) is 9.35. The second kappa shape index (κ2) is 5.43. The fraction of sp³-hybridized carbons (Fsp3) is 0.450. The van der Waals surface area contributed by atoms with E-state index in [9.17, 15) is 9.59 Å². The summed E-state index contributed by atoms with van der Waals surface area (Å²) in [5.41, 5.74) is 4.14. The Balaban J connectivity index is 1.50. The zero-order valence-corrected chi connectivity index (χ0v) is 14.9. The van der Waals surface area contributed by atoms with Crippen LogP contribution >= 0.6 is 0 Å². The van der Waals surface area contributed by atoms with Crippen molar-refractivity contribution in [1.82, 2.24) is 15.1 Å². The lowest BCUT2D eigenvalue weighted by Crippen LogP contribution is -2.53. The predicted molar refractivity (Wildman–Crippen MR) is 97.3 cm³/mol. The van der Waals surface area contributed by atoms with E-state index in [1.54, 1.807) is 4.90 Å². The number of fused-ring (bicyclic) bond motifs is 3. The largest absolute Gasteiger partial charge is 0.336 e. The lowest BCUT2D eigenvalue weighted by atomic mass is 9.75. The van der Waals surface area contributed by atoms with Gasteiger partial charge >= 0.3 is 0 Å². The van der Waals surface area contributed by atoms with Crippen LogP contribution in [0.5, 0.6) is 0 Å². The Morgan fingerprint density at radius 1 is 1.23 bits per heavy atom. The molecule has 3 heterocycles. The number of H-pyrrole nitrogens is 1. The number of benzene rings is 1. The first kappa shape index (κ1) is 15.6. The van der Waals surface area contributed by atoms with E-state index in [1.165, 1.54) is 0 Å². The van der Waals surface area contributed by atoms with Crippen molar-refractivity contribution in [3.05, 3.63) is 46.8 Å². The summed E-state index contributed by atoms with van der Waals surface area (Å²) in [5.74, 6) is 0.0618. The quantitative estimate of drug-likeness (QED) is 0.856. The SMILES string of the molecule is CN1C(=O)[C@]2(CCCN(C(=O)c3n[nH]c4c3CCC4)C2)c2ccccc21. The van der Waals surface area contributed by atoms with Crippen molar-refractivity contribution >= 4 is 17.5 Å². The summed E-state index contributed by atoms with van der Waals surface area (Å²) in [6, 6.07) is 7.97. The molecule has 1 aromatic heterocycles. The molecule has 1 atom stereocenters. The lowest BCUT2D eigenvalue weighted by Gasteiger charge is -2.39. The topological polar surface area (TPSA) is 69.3 Å². The van der Waals surface area contributed by atoms with Gasteiger partial charge in [-0.15, -0.1) is 0 Å². The van der Waals surface area contributed by atoms with Crippen LogP contribution in [0, 0.1) is 0 Å². The van der Waals surface area contributed by atoms with Crippen LogP contribution in [0.25, 0.3) is 0 Å². The lowest BCUT2D eigenvalue weighted by molar-refractivity contribution is -0.124. The number of rotatable bonds is 1. The summed E-state index contributed by atoms with van der Waals surface area (Å²) in [6.45, 7) is 1.12. The molecule has 0 radical (unpaired) electrons. The van der Waals surface area contributed by atoms with Crippen LogP contribution < -0.4 is 4.90 Å². The number of hydrogen-bond donors (Lipinski definition) is 1. The molecular formula is C20H22N4O2. The van der Waals surface area contributed by atoms with Gasteiger partial charge in [-0.25, -0.2) is 0 Å². The fourth-order valence-corrected chi connectivity index (χ4v) is 4.99. The van der Waals surface area contributed by atoms with Gasteiger partial charge in [-0.1, -0.05) is 18.2 Å². The number of aryl methyl sites for hydroxylation is 1. The average molecular weight is 350 g/mol. The number of anilines is 1. The van der Waals surface area contributed by atoms with E-state index in [-0.39, 0.29) is 11.8 Å². The van der Waals surface area contributed by atoms with Gasteiger partial charge in [0, 0.05) is 37.1 Å². The minimum atomic E-state index is -0.612. The smallest absolute Gasteiger partial charge is 0.274 e. The van der Waals surface area contributed by atoms with Gasteiger partial charge in [-0.05, 0) is 43.7 Å². The first-order valence-electron chi connectivity index (χ1n) is 9.35. The zero-order chi connectivity index (χ0) is 17.9. The molecule has 0 saturated carbocycles. The van der Waals surface area contributed by atoms with Crippen molar-refractivity contribution in [1.29, 1.82) is 0 Å². The Morgan fingerprint density at radius 3 is 2.96 bits per heavy atom. The highest BCUT2D eigenvalue weighted by atomic mass is 16.2. The summed E-state index contributed by atoms with van der Waals surface area (Å²) < 4.78 is 0. The van der Waals surface area contributed by atoms with Gasteiger partial charge in [-0.3, -0.25) is 14.7 Å². The summed E-state index contributed by atoms with van der Waals surface area (Å²) in [4.78, 5) is 29.9. The van der Waals surface area contributed by atoms with Crippen LogP contribution in [0.2, 0.25) is 0 Å². The molecule has 26 heavy (non-hydrogen) atoms. The van der Waals surface area contributed by atoms with Crippen LogP contribution in [0.15, 0.2) is 24.3 Å². The average Bonchev–Trinajstić information content (AvgIpc) is 3.34. The van der Waals surface area contributed by atoms with E-state index in [4.69, 9.17) is 0 Å². The molecule has 2 aliphatic heterocycles. The van der Waals surface area contributed by atoms with E-state index in [0.29, 0.717) is 18.8 Å². The maximum Gasteiger partial charge on any atom is 0.274 e. The standard InChI is InChI=1S/C20H22N4O2/c1-23-16-9-3-2-7-14(16)20(19(23)26)10-5-11-24(12-20)18(25)17-13-6-4-8-15(13)21-22-17/h2-3,7,9H,4-6,8,10-12H2,1H3,(H,21,22)/t20-/m0/s1. The van der Waals surface area contributed by atoms with E-state index >= 15 is 0 Å². The van der Waals surface area contributed by atoms with Crippen molar-refractivity contribution in [2.24, 2.45) is 0 Å². The summed E-state index contributed by atoms with van der Waals surface area (Å²) >= 11 is 0. The number of carbonyl (C=O) groups is 2. The molecule has 1 fully saturated rings. The number of aromatic nitrogens is 2. The Morgan fingerprint density at radius 2 is 2.08 bits per heavy atom. The van der Waals surface area contributed by atoms with Crippen molar-refractivity contribution in [3.8, 4) is 0 Å². The highest BCUT2D eigenvalue weighted by molar-refractivity contribution is 6.08. The van der Waals surface area contributed by atoms with Crippen LogP contribution in [0.4, 0.5) is 5.69 Å². The number of amides is 2. The molecular weight excluding hydrogens is 328 g/mol. The minimum absolute atomic E-state index is 0.0386. The minimum Gasteiger partial charge on any atom is -0.336 e.